The first-order chi connectivity index (χ1) is 8.69. The Morgan fingerprint density at radius 2 is 2.22 bits per heavy atom. The first kappa shape index (κ1) is 11.6. The molecule has 0 radical (unpaired) electrons. The van der Waals surface area contributed by atoms with E-state index in [1.54, 1.807) is 6.20 Å². The lowest BCUT2D eigenvalue weighted by atomic mass is 10.2. The predicted octanol–water partition coefficient (Wildman–Crippen LogP) is 0.801. The van der Waals surface area contributed by atoms with Crippen molar-refractivity contribution in [1.29, 1.82) is 0 Å². The highest BCUT2D eigenvalue weighted by Crippen LogP contribution is 2.51. The molecular formula is C13H17N3O2. The van der Waals surface area contributed by atoms with Gasteiger partial charge in [-0.3, -0.25) is 9.69 Å². The second kappa shape index (κ2) is 4.31. The molecular weight excluding hydrogens is 230 g/mol. The number of aryl methyl sites for hydroxylation is 1. The van der Waals surface area contributed by atoms with E-state index < -0.39 is 5.97 Å². The molecule has 1 N–H and O–H groups in total. The fourth-order valence-corrected chi connectivity index (χ4v) is 3.04. The lowest BCUT2D eigenvalue weighted by Gasteiger charge is -2.18. The van der Waals surface area contributed by atoms with Crippen LogP contribution in [0.25, 0.3) is 0 Å². The molecule has 1 unspecified atom stereocenters. The van der Waals surface area contributed by atoms with E-state index in [4.69, 9.17) is 5.11 Å². The largest absolute Gasteiger partial charge is 0.481 e. The first-order valence-electron chi connectivity index (χ1n) is 6.45. The summed E-state index contributed by atoms with van der Waals surface area (Å²) < 4.78 is 0. The monoisotopic (exact) mass is 247 g/mol. The van der Waals surface area contributed by atoms with Gasteiger partial charge in [0.15, 0.2) is 0 Å². The average Bonchev–Trinajstić information content (AvgIpc) is 2.88. The molecule has 0 spiro atoms. The van der Waals surface area contributed by atoms with Gasteiger partial charge in [-0.15, -0.1) is 0 Å². The standard InChI is InChI=1S/C13H17N3O2/c1-2-11-14-4-3-8(15-11)5-16-6-9-10(7-16)12(9)13(17)18/h3-4,9-10,12H,2,5-7H2,1H3,(H,17,18)/t9-,10+,12?. The van der Waals surface area contributed by atoms with Gasteiger partial charge in [0.1, 0.15) is 5.82 Å². The number of hydrogen-bond acceptors (Lipinski definition) is 4. The minimum atomic E-state index is -0.625. The molecule has 5 heteroatoms. The van der Waals surface area contributed by atoms with Crippen molar-refractivity contribution in [2.45, 2.75) is 19.9 Å². The van der Waals surface area contributed by atoms with E-state index in [1.165, 1.54) is 0 Å². The van der Waals surface area contributed by atoms with Crippen molar-refractivity contribution in [3.05, 3.63) is 23.8 Å². The third kappa shape index (κ3) is 1.99. The SMILES string of the molecule is CCc1nccc(CN2C[C@@H]3C(C(=O)O)[C@@H]3C2)n1. The number of aromatic nitrogens is 2. The van der Waals surface area contributed by atoms with Gasteiger partial charge in [-0.25, -0.2) is 9.97 Å². The summed E-state index contributed by atoms with van der Waals surface area (Å²) in [6.45, 7) is 4.65. The summed E-state index contributed by atoms with van der Waals surface area (Å²) in [4.78, 5) is 21.9. The summed E-state index contributed by atoms with van der Waals surface area (Å²) in [5.41, 5.74) is 1.04. The van der Waals surface area contributed by atoms with Crippen LogP contribution in [0.1, 0.15) is 18.4 Å². The lowest BCUT2D eigenvalue weighted by Crippen LogP contribution is -2.26. The molecule has 3 atom stereocenters. The summed E-state index contributed by atoms with van der Waals surface area (Å²) >= 11 is 0. The van der Waals surface area contributed by atoms with Crippen LogP contribution in [-0.4, -0.2) is 39.0 Å². The minimum absolute atomic E-state index is 0.0853. The molecule has 0 amide bonds. The molecule has 1 aliphatic carbocycles. The molecule has 0 bridgehead atoms. The number of carbonyl (C=O) groups is 1. The van der Waals surface area contributed by atoms with Crippen LogP contribution in [0.3, 0.4) is 0 Å². The second-order valence-corrected chi connectivity index (χ2v) is 5.20. The predicted molar refractivity (Wildman–Crippen MR) is 64.8 cm³/mol. The molecule has 2 heterocycles. The van der Waals surface area contributed by atoms with Gasteiger partial charge in [0.2, 0.25) is 0 Å². The number of likely N-dealkylation sites (tertiary alicyclic amines) is 1. The number of carboxylic acids is 1. The fourth-order valence-electron chi connectivity index (χ4n) is 3.04. The molecule has 1 aromatic heterocycles. The van der Waals surface area contributed by atoms with Gasteiger partial charge in [-0.2, -0.15) is 0 Å². The quantitative estimate of drug-likeness (QED) is 0.852. The van der Waals surface area contributed by atoms with E-state index >= 15 is 0 Å². The zero-order valence-corrected chi connectivity index (χ0v) is 10.4. The minimum Gasteiger partial charge on any atom is -0.481 e. The topological polar surface area (TPSA) is 66.3 Å². The van der Waals surface area contributed by atoms with E-state index in [2.05, 4.69) is 14.9 Å². The average molecular weight is 247 g/mol. The summed E-state index contributed by atoms with van der Waals surface area (Å²) in [5.74, 6) is 0.906. The molecule has 5 nitrogen and oxygen atoms in total. The van der Waals surface area contributed by atoms with E-state index in [0.29, 0.717) is 11.8 Å². The van der Waals surface area contributed by atoms with Crippen LogP contribution >= 0.6 is 0 Å². The maximum atomic E-state index is 10.9. The van der Waals surface area contributed by atoms with E-state index in [-0.39, 0.29) is 5.92 Å². The maximum absolute atomic E-state index is 10.9. The third-order valence-corrected chi connectivity index (χ3v) is 4.02. The Labute approximate surface area is 106 Å². The first-order valence-corrected chi connectivity index (χ1v) is 6.45. The van der Waals surface area contributed by atoms with E-state index in [1.807, 2.05) is 13.0 Å². The zero-order chi connectivity index (χ0) is 12.7. The Bertz CT molecular complexity index is 465. The zero-order valence-electron chi connectivity index (χ0n) is 10.4. The van der Waals surface area contributed by atoms with Crippen LogP contribution in [0.15, 0.2) is 12.3 Å². The van der Waals surface area contributed by atoms with Crippen LogP contribution in [0.2, 0.25) is 0 Å². The second-order valence-electron chi connectivity index (χ2n) is 5.20. The van der Waals surface area contributed by atoms with Gasteiger partial charge in [0.05, 0.1) is 11.6 Å². The van der Waals surface area contributed by atoms with Gasteiger partial charge in [-0.1, -0.05) is 6.92 Å². The van der Waals surface area contributed by atoms with Crippen LogP contribution in [0.5, 0.6) is 0 Å². The number of fused-ring (bicyclic) bond motifs is 1. The fraction of sp³-hybridized carbons (Fsp3) is 0.615. The van der Waals surface area contributed by atoms with E-state index in [0.717, 1.165) is 37.6 Å². The highest BCUT2D eigenvalue weighted by atomic mass is 16.4. The Hall–Kier alpha value is -1.49. The summed E-state index contributed by atoms with van der Waals surface area (Å²) in [6, 6.07) is 1.94. The van der Waals surface area contributed by atoms with Crippen molar-refractivity contribution >= 4 is 5.97 Å². The van der Waals surface area contributed by atoms with Gasteiger partial charge >= 0.3 is 5.97 Å². The molecule has 96 valence electrons. The Morgan fingerprint density at radius 1 is 1.50 bits per heavy atom. The van der Waals surface area contributed by atoms with E-state index in [9.17, 15) is 4.79 Å². The molecule has 3 rings (SSSR count). The van der Waals surface area contributed by atoms with Gasteiger partial charge < -0.3 is 5.11 Å². The van der Waals surface area contributed by atoms with Crippen LogP contribution in [0, 0.1) is 17.8 Å². The van der Waals surface area contributed by atoms with Crippen molar-refractivity contribution in [2.75, 3.05) is 13.1 Å². The van der Waals surface area contributed by atoms with Gasteiger partial charge in [0.25, 0.3) is 0 Å². The Balaban J connectivity index is 1.58. The summed E-state index contributed by atoms with van der Waals surface area (Å²) in [6.07, 6.45) is 2.65. The third-order valence-electron chi connectivity index (χ3n) is 4.02. The molecule has 0 aromatic carbocycles. The molecule has 1 aliphatic heterocycles. The molecule has 1 saturated carbocycles. The van der Waals surface area contributed by atoms with Crippen LogP contribution < -0.4 is 0 Å². The molecule has 1 saturated heterocycles. The Morgan fingerprint density at radius 3 is 2.83 bits per heavy atom. The van der Waals surface area contributed by atoms with Crippen molar-refractivity contribution in [2.24, 2.45) is 17.8 Å². The van der Waals surface area contributed by atoms with Crippen molar-refractivity contribution in [1.82, 2.24) is 14.9 Å². The maximum Gasteiger partial charge on any atom is 0.307 e. The number of hydrogen-bond donors (Lipinski definition) is 1. The molecule has 1 aromatic rings. The molecule has 2 aliphatic rings. The van der Waals surface area contributed by atoms with Crippen LogP contribution in [0.4, 0.5) is 0 Å². The van der Waals surface area contributed by atoms with Crippen molar-refractivity contribution in [3.8, 4) is 0 Å². The number of rotatable bonds is 4. The van der Waals surface area contributed by atoms with Crippen molar-refractivity contribution in [3.63, 3.8) is 0 Å². The normalized spacial score (nSPS) is 30.2. The number of aliphatic carboxylic acids is 1. The van der Waals surface area contributed by atoms with Gasteiger partial charge in [0, 0.05) is 32.3 Å². The van der Waals surface area contributed by atoms with Crippen LogP contribution in [-0.2, 0) is 17.8 Å². The van der Waals surface area contributed by atoms with Crippen molar-refractivity contribution < 1.29 is 9.90 Å². The highest BCUT2D eigenvalue weighted by molar-refractivity contribution is 5.74. The number of nitrogens with zero attached hydrogens (tertiary/aromatic N) is 3. The Kier molecular flexibility index (Phi) is 2.78. The molecule has 18 heavy (non-hydrogen) atoms. The highest BCUT2D eigenvalue weighted by Gasteiger charge is 2.59. The van der Waals surface area contributed by atoms with Gasteiger partial charge in [-0.05, 0) is 17.9 Å². The summed E-state index contributed by atoms with van der Waals surface area (Å²) in [5, 5.41) is 8.96. The smallest absolute Gasteiger partial charge is 0.307 e. The summed E-state index contributed by atoms with van der Waals surface area (Å²) in [7, 11) is 0. The lowest BCUT2D eigenvalue weighted by molar-refractivity contribution is -0.139. The number of piperidine rings is 1. The molecule has 2 fully saturated rings. The number of carboxylic acid groups (broad SMARTS) is 1.